The van der Waals surface area contributed by atoms with E-state index in [1.807, 2.05) is 31.2 Å². The van der Waals surface area contributed by atoms with Gasteiger partial charge in [0.25, 0.3) is 0 Å². The fourth-order valence-electron chi connectivity index (χ4n) is 3.08. The Morgan fingerprint density at radius 1 is 1.18 bits per heavy atom. The number of benzene rings is 1. The van der Waals surface area contributed by atoms with Gasteiger partial charge in [-0.1, -0.05) is 6.42 Å². The van der Waals surface area contributed by atoms with Crippen LogP contribution in [-0.4, -0.2) is 43.0 Å². The number of carbonyl (C=O) groups is 2. The number of hydrogen-bond acceptors (Lipinski definition) is 3. The molecule has 1 saturated carbocycles. The maximum absolute atomic E-state index is 12.6. The van der Waals surface area contributed by atoms with Gasteiger partial charge in [-0.25, -0.2) is 0 Å². The van der Waals surface area contributed by atoms with E-state index in [1.54, 1.807) is 16.9 Å². The highest BCUT2D eigenvalue weighted by atomic mass is 16.5. The molecule has 5 heteroatoms. The average molecular weight is 302 g/mol. The third-order valence-electron chi connectivity index (χ3n) is 4.78. The van der Waals surface area contributed by atoms with Crippen molar-refractivity contribution in [1.82, 2.24) is 4.90 Å². The number of nitrogens with zero attached hydrogens (tertiary/aromatic N) is 2. The molecule has 2 amide bonds. The Bertz CT molecular complexity index is 566. The van der Waals surface area contributed by atoms with Gasteiger partial charge in [-0.05, 0) is 44.0 Å². The fraction of sp³-hybridized carbons (Fsp3) is 0.529. The van der Waals surface area contributed by atoms with Crippen LogP contribution < -0.4 is 9.64 Å². The molecule has 1 aromatic rings. The van der Waals surface area contributed by atoms with Crippen LogP contribution in [0, 0.1) is 5.92 Å². The standard InChI is InChI=1S/C17H22N2O3/c1-12-16(20)19(14-6-8-15(22-2)9-7-14)11-10-18(12)17(21)13-4-3-5-13/h6-9,12-13H,3-5,10-11H2,1-2H3. The molecule has 2 aliphatic rings. The largest absolute Gasteiger partial charge is 0.497 e. The van der Waals surface area contributed by atoms with Crippen molar-refractivity contribution in [3.05, 3.63) is 24.3 Å². The number of amides is 2. The lowest BCUT2D eigenvalue weighted by atomic mass is 9.84. The lowest BCUT2D eigenvalue weighted by molar-refractivity contribution is -0.146. The first-order valence-electron chi connectivity index (χ1n) is 7.87. The molecule has 1 unspecified atom stereocenters. The second-order valence-electron chi connectivity index (χ2n) is 6.02. The van der Waals surface area contributed by atoms with Crippen LogP contribution >= 0.6 is 0 Å². The van der Waals surface area contributed by atoms with Crippen LogP contribution in [0.15, 0.2) is 24.3 Å². The maximum Gasteiger partial charge on any atom is 0.249 e. The van der Waals surface area contributed by atoms with Crippen molar-refractivity contribution in [3.63, 3.8) is 0 Å². The van der Waals surface area contributed by atoms with E-state index < -0.39 is 0 Å². The van der Waals surface area contributed by atoms with Gasteiger partial charge in [0.2, 0.25) is 11.8 Å². The minimum Gasteiger partial charge on any atom is -0.497 e. The summed E-state index contributed by atoms with van der Waals surface area (Å²) in [5.74, 6) is 1.05. The Morgan fingerprint density at radius 3 is 2.41 bits per heavy atom. The van der Waals surface area contributed by atoms with Gasteiger partial charge in [0.15, 0.2) is 0 Å². The van der Waals surface area contributed by atoms with Crippen LogP contribution in [0.2, 0.25) is 0 Å². The Morgan fingerprint density at radius 2 is 1.86 bits per heavy atom. The zero-order valence-corrected chi connectivity index (χ0v) is 13.1. The number of piperazine rings is 1. The predicted molar refractivity (Wildman–Crippen MR) is 83.9 cm³/mol. The number of methoxy groups -OCH3 is 1. The molecule has 1 atom stereocenters. The topological polar surface area (TPSA) is 49.9 Å². The van der Waals surface area contributed by atoms with Crippen molar-refractivity contribution >= 4 is 17.5 Å². The number of ether oxygens (including phenoxy) is 1. The van der Waals surface area contributed by atoms with Crippen LogP contribution in [0.5, 0.6) is 5.75 Å². The highest BCUT2D eigenvalue weighted by Gasteiger charge is 2.38. The molecule has 1 heterocycles. The highest BCUT2D eigenvalue weighted by Crippen LogP contribution is 2.30. The average Bonchev–Trinajstić information content (AvgIpc) is 2.48. The molecule has 1 aromatic carbocycles. The SMILES string of the molecule is COc1ccc(N2CCN(C(=O)C3CCC3)C(C)C2=O)cc1. The van der Waals surface area contributed by atoms with Gasteiger partial charge in [-0.3, -0.25) is 9.59 Å². The zero-order chi connectivity index (χ0) is 15.7. The second-order valence-corrected chi connectivity index (χ2v) is 6.02. The van der Waals surface area contributed by atoms with Crippen molar-refractivity contribution < 1.29 is 14.3 Å². The highest BCUT2D eigenvalue weighted by molar-refractivity contribution is 6.00. The summed E-state index contributed by atoms with van der Waals surface area (Å²) in [6.07, 6.45) is 3.07. The minimum absolute atomic E-state index is 0.0101. The summed E-state index contributed by atoms with van der Waals surface area (Å²) in [4.78, 5) is 28.5. The first kappa shape index (κ1) is 14.9. The molecule has 1 saturated heterocycles. The first-order chi connectivity index (χ1) is 10.6. The third-order valence-corrected chi connectivity index (χ3v) is 4.78. The molecular formula is C17H22N2O3. The fourth-order valence-corrected chi connectivity index (χ4v) is 3.08. The van der Waals surface area contributed by atoms with E-state index in [9.17, 15) is 9.59 Å². The van der Waals surface area contributed by atoms with Gasteiger partial charge in [-0.15, -0.1) is 0 Å². The van der Waals surface area contributed by atoms with Crippen molar-refractivity contribution in [2.75, 3.05) is 25.1 Å². The summed E-state index contributed by atoms with van der Waals surface area (Å²) in [6, 6.07) is 7.07. The summed E-state index contributed by atoms with van der Waals surface area (Å²) in [5.41, 5.74) is 0.855. The molecular weight excluding hydrogens is 280 g/mol. The second kappa shape index (κ2) is 5.99. The smallest absolute Gasteiger partial charge is 0.249 e. The minimum atomic E-state index is -0.385. The normalized spacial score (nSPS) is 22.5. The summed E-state index contributed by atoms with van der Waals surface area (Å²) in [6.45, 7) is 2.98. The van der Waals surface area contributed by atoms with E-state index in [0.717, 1.165) is 30.7 Å². The monoisotopic (exact) mass is 302 g/mol. The maximum atomic E-state index is 12.6. The Kier molecular flexibility index (Phi) is 4.05. The quantitative estimate of drug-likeness (QED) is 0.859. The van der Waals surface area contributed by atoms with Gasteiger partial charge in [0.05, 0.1) is 7.11 Å². The van der Waals surface area contributed by atoms with Crippen LogP contribution in [-0.2, 0) is 9.59 Å². The molecule has 22 heavy (non-hydrogen) atoms. The van der Waals surface area contributed by atoms with E-state index >= 15 is 0 Å². The van der Waals surface area contributed by atoms with E-state index in [0.29, 0.717) is 13.1 Å². The lowest BCUT2D eigenvalue weighted by Crippen LogP contribution is -2.59. The number of rotatable bonds is 3. The van der Waals surface area contributed by atoms with E-state index in [2.05, 4.69) is 0 Å². The molecule has 0 N–H and O–H groups in total. The van der Waals surface area contributed by atoms with Crippen LogP contribution in [0.4, 0.5) is 5.69 Å². The zero-order valence-electron chi connectivity index (χ0n) is 13.1. The summed E-state index contributed by atoms with van der Waals surface area (Å²) in [7, 11) is 1.62. The van der Waals surface area contributed by atoms with Crippen LogP contribution in [0.3, 0.4) is 0 Å². The Hall–Kier alpha value is -2.04. The summed E-state index contributed by atoms with van der Waals surface area (Å²) < 4.78 is 5.14. The third kappa shape index (κ3) is 2.56. The van der Waals surface area contributed by atoms with Crippen LogP contribution in [0.25, 0.3) is 0 Å². The summed E-state index contributed by atoms with van der Waals surface area (Å²) >= 11 is 0. The lowest BCUT2D eigenvalue weighted by Gasteiger charge is -2.41. The van der Waals surface area contributed by atoms with Crippen molar-refractivity contribution in [2.24, 2.45) is 5.92 Å². The molecule has 3 rings (SSSR count). The molecule has 0 bridgehead atoms. The molecule has 118 valence electrons. The number of anilines is 1. The Labute approximate surface area is 130 Å². The van der Waals surface area contributed by atoms with Crippen molar-refractivity contribution in [2.45, 2.75) is 32.2 Å². The van der Waals surface area contributed by atoms with E-state index in [4.69, 9.17) is 4.74 Å². The van der Waals surface area contributed by atoms with E-state index in [1.165, 1.54) is 0 Å². The molecule has 1 aliphatic carbocycles. The van der Waals surface area contributed by atoms with Gasteiger partial charge in [0.1, 0.15) is 11.8 Å². The van der Waals surface area contributed by atoms with Gasteiger partial charge < -0.3 is 14.5 Å². The number of carbonyl (C=O) groups excluding carboxylic acids is 2. The van der Waals surface area contributed by atoms with Gasteiger partial charge in [0, 0.05) is 24.7 Å². The number of hydrogen-bond donors (Lipinski definition) is 0. The molecule has 0 radical (unpaired) electrons. The van der Waals surface area contributed by atoms with Crippen molar-refractivity contribution in [3.8, 4) is 5.75 Å². The molecule has 1 aliphatic heterocycles. The molecule has 2 fully saturated rings. The van der Waals surface area contributed by atoms with E-state index in [-0.39, 0.29) is 23.8 Å². The Balaban J connectivity index is 1.72. The molecule has 0 spiro atoms. The van der Waals surface area contributed by atoms with Gasteiger partial charge >= 0.3 is 0 Å². The predicted octanol–water partition coefficient (Wildman–Crippen LogP) is 2.06. The van der Waals surface area contributed by atoms with Gasteiger partial charge in [-0.2, -0.15) is 0 Å². The van der Waals surface area contributed by atoms with Crippen LogP contribution in [0.1, 0.15) is 26.2 Å². The van der Waals surface area contributed by atoms with Crippen molar-refractivity contribution in [1.29, 1.82) is 0 Å². The molecule has 0 aromatic heterocycles. The molecule has 5 nitrogen and oxygen atoms in total. The summed E-state index contributed by atoms with van der Waals surface area (Å²) in [5, 5.41) is 0. The first-order valence-corrected chi connectivity index (χ1v) is 7.87.